The van der Waals surface area contributed by atoms with Crippen molar-refractivity contribution < 1.29 is 40.6 Å². The first kappa shape index (κ1) is 21.3. The van der Waals surface area contributed by atoms with E-state index in [0.717, 1.165) is 6.07 Å². The van der Waals surface area contributed by atoms with Crippen molar-refractivity contribution >= 4 is 0 Å². The van der Waals surface area contributed by atoms with E-state index >= 15 is 0 Å². The normalized spacial score (nSPS) is 23.9. The molecule has 2 atom stereocenters. The van der Waals surface area contributed by atoms with Crippen molar-refractivity contribution in [3.05, 3.63) is 23.6 Å². The van der Waals surface area contributed by atoms with Gasteiger partial charge in [-0.2, -0.15) is 26.3 Å². The van der Waals surface area contributed by atoms with Crippen molar-refractivity contribution in [1.82, 2.24) is 15.2 Å². The second-order valence-corrected chi connectivity index (χ2v) is 6.85. The molecule has 1 N–H and O–H groups in total. The second-order valence-electron chi connectivity index (χ2n) is 6.85. The summed E-state index contributed by atoms with van der Waals surface area (Å²) in [6, 6.07) is 1.56. The fraction of sp³-hybridized carbons (Fsp3) is 0.588. The molecule has 0 amide bonds. The van der Waals surface area contributed by atoms with Crippen molar-refractivity contribution in [2.24, 2.45) is 0 Å². The highest BCUT2D eigenvalue weighted by atomic mass is 19.4. The van der Waals surface area contributed by atoms with Crippen LogP contribution in [0.15, 0.2) is 16.5 Å². The number of pyridine rings is 1. The topological polar surface area (TPSA) is 81.3 Å². The van der Waals surface area contributed by atoms with Crippen molar-refractivity contribution in [2.45, 2.75) is 63.1 Å². The summed E-state index contributed by atoms with van der Waals surface area (Å²) in [4.78, 5) is 3.73. The molecule has 6 nitrogen and oxygen atoms in total. The smallest absolute Gasteiger partial charge is 0.426 e. The van der Waals surface area contributed by atoms with Gasteiger partial charge in [0.25, 0.3) is 11.8 Å². The lowest BCUT2D eigenvalue weighted by Crippen LogP contribution is -2.42. The first-order valence-electron chi connectivity index (χ1n) is 8.80. The van der Waals surface area contributed by atoms with Crippen LogP contribution in [0.5, 0.6) is 5.88 Å². The molecule has 0 aliphatic carbocycles. The highest BCUT2D eigenvalue weighted by Gasteiger charge is 2.58. The molecular formula is C17H17F6N3O3. The Hall–Kier alpha value is -2.37. The molecule has 3 heterocycles. The maximum Gasteiger partial charge on any atom is 0.426 e. The predicted octanol–water partition coefficient (Wildman–Crippen LogP) is 4.63. The average molecular weight is 425 g/mol. The summed E-state index contributed by atoms with van der Waals surface area (Å²) in [7, 11) is 0. The van der Waals surface area contributed by atoms with Crippen LogP contribution in [0.4, 0.5) is 26.3 Å². The zero-order chi connectivity index (χ0) is 21.4. The van der Waals surface area contributed by atoms with Gasteiger partial charge in [0.2, 0.25) is 11.5 Å². The van der Waals surface area contributed by atoms with Gasteiger partial charge in [0, 0.05) is 0 Å². The quantitative estimate of drug-likeness (QED) is 0.620. The monoisotopic (exact) mass is 425 g/mol. The first-order valence-corrected chi connectivity index (χ1v) is 8.80. The lowest BCUT2D eigenvalue weighted by atomic mass is 9.94. The lowest BCUT2D eigenvalue weighted by Gasteiger charge is -2.27. The van der Waals surface area contributed by atoms with Crippen LogP contribution in [0.2, 0.25) is 0 Å². The van der Waals surface area contributed by atoms with E-state index in [1.54, 1.807) is 0 Å². The molecule has 0 aromatic carbocycles. The maximum absolute atomic E-state index is 13.5. The molecule has 1 aliphatic rings. The number of hydrogen-bond acceptors (Lipinski definition) is 6. The molecule has 2 unspecified atom stereocenters. The Balaban J connectivity index is 2.11. The maximum atomic E-state index is 13.5. The van der Waals surface area contributed by atoms with Crippen molar-refractivity contribution in [3.63, 3.8) is 0 Å². The largest absolute Gasteiger partial charge is 0.474 e. The standard InChI is InChI=1S/C17H17F6N3O3/c1-9-5-3-2-4-8-15(27,17(21,22)23)14-26-25-13(29-14)11-7-6-10(16(18,19)20)12(24-11)28-9/h6-7,9,27H,2-5,8H2,1H3. The Morgan fingerprint density at radius 2 is 1.79 bits per heavy atom. The van der Waals surface area contributed by atoms with Crippen LogP contribution in [-0.4, -0.2) is 32.6 Å². The van der Waals surface area contributed by atoms with Crippen LogP contribution in [0, 0.1) is 0 Å². The summed E-state index contributed by atoms with van der Waals surface area (Å²) in [6.07, 6.45) is -10.2. The SMILES string of the molecule is CC1CCCCCC(O)(C(F)(F)F)c2nnc(o2)-c2ccc(C(F)(F)F)c(n2)O1. The number of nitrogens with zero attached hydrogens (tertiary/aromatic N) is 3. The molecule has 4 bridgehead atoms. The molecule has 0 fully saturated rings. The Kier molecular flexibility index (Phi) is 5.50. The van der Waals surface area contributed by atoms with E-state index < -0.39 is 53.7 Å². The van der Waals surface area contributed by atoms with Gasteiger partial charge >= 0.3 is 12.4 Å². The van der Waals surface area contributed by atoms with E-state index in [-0.39, 0.29) is 18.5 Å². The van der Waals surface area contributed by atoms with Gasteiger partial charge in [-0.15, -0.1) is 10.2 Å². The molecule has 0 spiro atoms. The molecule has 29 heavy (non-hydrogen) atoms. The van der Waals surface area contributed by atoms with E-state index in [0.29, 0.717) is 18.9 Å². The van der Waals surface area contributed by atoms with E-state index in [9.17, 15) is 31.4 Å². The van der Waals surface area contributed by atoms with Gasteiger partial charge in [-0.25, -0.2) is 4.98 Å². The molecule has 0 saturated heterocycles. The van der Waals surface area contributed by atoms with E-state index in [1.807, 2.05) is 0 Å². The number of hydrogen-bond donors (Lipinski definition) is 1. The predicted molar refractivity (Wildman–Crippen MR) is 85.7 cm³/mol. The van der Waals surface area contributed by atoms with Gasteiger partial charge in [-0.3, -0.25) is 0 Å². The zero-order valence-corrected chi connectivity index (χ0v) is 15.1. The molecule has 2 aromatic rings. The molecule has 160 valence electrons. The molecule has 0 radical (unpaired) electrons. The number of halogens is 6. The average Bonchev–Trinajstić information content (AvgIpc) is 3.09. The fourth-order valence-corrected chi connectivity index (χ4v) is 2.97. The van der Waals surface area contributed by atoms with Crippen molar-refractivity contribution in [3.8, 4) is 17.5 Å². The summed E-state index contributed by atoms with van der Waals surface area (Å²) in [5, 5.41) is 16.9. The summed E-state index contributed by atoms with van der Waals surface area (Å²) >= 11 is 0. The number of ether oxygens (including phenoxy) is 1. The van der Waals surface area contributed by atoms with E-state index in [1.165, 1.54) is 6.92 Å². The second kappa shape index (κ2) is 7.47. The van der Waals surface area contributed by atoms with Crippen LogP contribution < -0.4 is 4.74 Å². The highest BCUT2D eigenvalue weighted by molar-refractivity contribution is 5.50. The van der Waals surface area contributed by atoms with Gasteiger partial charge in [0.1, 0.15) is 11.3 Å². The summed E-state index contributed by atoms with van der Waals surface area (Å²) in [6.45, 7) is 1.54. The summed E-state index contributed by atoms with van der Waals surface area (Å²) in [5.41, 5.74) is -4.80. The summed E-state index contributed by atoms with van der Waals surface area (Å²) in [5.74, 6) is -2.38. The van der Waals surface area contributed by atoms with Gasteiger partial charge in [-0.05, 0) is 44.7 Å². The molecule has 3 rings (SSSR count). The number of alkyl halides is 6. The number of fused-ring (bicyclic) bond motifs is 5. The Morgan fingerprint density at radius 1 is 1.07 bits per heavy atom. The van der Waals surface area contributed by atoms with Crippen molar-refractivity contribution in [1.29, 1.82) is 0 Å². The van der Waals surface area contributed by atoms with E-state index in [4.69, 9.17) is 9.15 Å². The number of rotatable bonds is 0. The third kappa shape index (κ3) is 4.31. The van der Waals surface area contributed by atoms with Crippen LogP contribution in [0.1, 0.15) is 50.5 Å². The Bertz CT molecular complexity index is 867. The van der Waals surface area contributed by atoms with Crippen LogP contribution >= 0.6 is 0 Å². The molecule has 1 aliphatic heterocycles. The molecule has 12 heteroatoms. The van der Waals surface area contributed by atoms with Crippen LogP contribution in [0.3, 0.4) is 0 Å². The first-order chi connectivity index (χ1) is 13.4. The molecule has 2 aromatic heterocycles. The van der Waals surface area contributed by atoms with Crippen molar-refractivity contribution in [2.75, 3.05) is 0 Å². The Morgan fingerprint density at radius 3 is 2.45 bits per heavy atom. The lowest BCUT2D eigenvalue weighted by molar-refractivity contribution is -0.277. The minimum absolute atomic E-state index is 0.0161. The third-order valence-electron chi connectivity index (χ3n) is 4.59. The minimum Gasteiger partial charge on any atom is -0.474 e. The van der Waals surface area contributed by atoms with Gasteiger partial charge in [0.15, 0.2) is 0 Å². The summed E-state index contributed by atoms with van der Waals surface area (Å²) < 4.78 is 90.6. The Labute approximate surface area is 160 Å². The fourth-order valence-electron chi connectivity index (χ4n) is 2.97. The van der Waals surface area contributed by atoms with Crippen LogP contribution in [-0.2, 0) is 11.8 Å². The van der Waals surface area contributed by atoms with E-state index in [2.05, 4.69) is 15.2 Å². The van der Waals surface area contributed by atoms with Gasteiger partial charge in [0.05, 0.1) is 6.10 Å². The molecule has 0 saturated carbocycles. The highest BCUT2D eigenvalue weighted by Crippen LogP contribution is 2.43. The third-order valence-corrected chi connectivity index (χ3v) is 4.59. The zero-order valence-electron chi connectivity index (χ0n) is 15.1. The molecular weight excluding hydrogens is 408 g/mol. The minimum atomic E-state index is -5.08. The van der Waals surface area contributed by atoms with Crippen LogP contribution in [0.25, 0.3) is 11.6 Å². The van der Waals surface area contributed by atoms with Gasteiger partial charge in [-0.1, -0.05) is 6.42 Å². The van der Waals surface area contributed by atoms with Gasteiger partial charge < -0.3 is 14.3 Å². The number of aromatic nitrogens is 3. The number of aliphatic hydroxyl groups is 1.